The zero-order valence-electron chi connectivity index (χ0n) is 38.3. The van der Waals surface area contributed by atoms with Gasteiger partial charge < -0.3 is 9.80 Å². The zero-order chi connectivity index (χ0) is 46.7. The molecule has 2 unspecified atom stereocenters. The maximum absolute atomic E-state index is 14.3. The van der Waals surface area contributed by atoms with Gasteiger partial charge in [0.1, 0.15) is 34.2 Å². The van der Waals surface area contributed by atoms with Crippen LogP contribution in [0.5, 0.6) is 0 Å². The summed E-state index contributed by atoms with van der Waals surface area (Å²) < 4.78 is 84.2. The number of likely N-dealkylation sites (N-methyl/N-ethyl adjacent to an activating group) is 1. The van der Waals surface area contributed by atoms with Crippen molar-refractivity contribution in [2.45, 2.75) is 107 Å². The highest BCUT2D eigenvalue weighted by Crippen LogP contribution is 2.49. The molecule has 12 nitrogen and oxygen atoms in total. The standard InChI is InChI=1S/C45H62B3N5O7S3/c1-31(30-62(56,57)58)12-11-24-53-39-21-18-33(29-50)27-37(39)44(4,5)41(53)22-19-35-14-9-13-34(42(35)51(6)63(59,60)45(46,47)48)15-10-16-40-43(2,3)36-26-32(28-49)17-20-38(36)52(40)23-7-8-25-61(54)55/h10,16-22,26-27,31,40,61H,7-9,11-15,23-25,30,46-48H2,1-6H3,(H,56,57,58)/b16-10+,35-19+,41-22+. The fourth-order valence-electron chi connectivity index (χ4n) is 9.52. The number of nitriles is 2. The molecule has 0 radical (unpaired) electrons. The van der Waals surface area contributed by atoms with Gasteiger partial charge in [0.25, 0.3) is 10.1 Å². The molecule has 0 saturated carbocycles. The Balaban J connectivity index is 1.56. The molecule has 63 heavy (non-hydrogen) atoms. The molecule has 336 valence electrons. The minimum Gasteiger partial charge on any atom is -0.364 e. The average Bonchev–Trinajstić information content (AvgIpc) is 3.54. The van der Waals surface area contributed by atoms with Crippen LogP contribution in [0.4, 0.5) is 11.4 Å². The van der Waals surface area contributed by atoms with E-state index in [1.165, 1.54) is 4.31 Å². The van der Waals surface area contributed by atoms with Crippen LogP contribution in [-0.2, 0) is 41.7 Å². The van der Waals surface area contributed by atoms with Crippen molar-refractivity contribution in [2.75, 3.05) is 41.4 Å². The van der Waals surface area contributed by atoms with Crippen molar-refractivity contribution in [3.8, 4) is 12.1 Å². The Kier molecular flexibility index (Phi) is 15.4. The van der Waals surface area contributed by atoms with Crippen molar-refractivity contribution >= 4 is 65.8 Å². The maximum Gasteiger partial charge on any atom is 0.265 e. The third-order valence-electron chi connectivity index (χ3n) is 12.9. The van der Waals surface area contributed by atoms with Crippen LogP contribution in [0.1, 0.15) is 108 Å². The summed E-state index contributed by atoms with van der Waals surface area (Å²) in [5.41, 5.74) is 7.80. The molecule has 2 heterocycles. The highest BCUT2D eigenvalue weighted by atomic mass is 32.2. The number of fused-ring (bicyclic) bond motifs is 2. The number of allylic oxidation sites excluding steroid dienone is 6. The van der Waals surface area contributed by atoms with Gasteiger partial charge in [0.15, 0.2) is 0 Å². The predicted octanol–water partition coefficient (Wildman–Crippen LogP) is 4.36. The minimum absolute atomic E-state index is 0.0966. The van der Waals surface area contributed by atoms with Crippen LogP contribution < -0.4 is 9.80 Å². The molecule has 5 rings (SSSR count). The van der Waals surface area contributed by atoms with Crippen LogP contribution in [0.2, 0.25) is 0 Å². The molecule has 3 aliphatic rings. The van der Waals surface area contributed by atoms with Crippen LogP contribution in [0.3, 0.4) is 0 Å². The lowest BCUT2D eigenvalue weighted by Crippen LogP contribution is -2.48. The van der Waals surface area contributed by atoms with Gasteiger partial charge in [0, 0.05) is 58.2 Å². The molecule has 0 bridgehead atoms. The number of thiol groups is 1. The van der Waals surface area contributed by atoms with E-state index in [4.69, 9.17) is 0 Å². The third-order valence-corrected chi connectivity index (χ3v) is 17.0. The first-order valence-electron chi connectivity index (χ1n) is 21.8. The van der Waals surface area contributed by atoms with Gasteiger partial charge >= 0.3 is 0 Å². The topological polar surface area (TPSA) is 180 Å². The zero-order valence-corrected chi connectivity index (χ0v) is 40.8. The van der Waals surface area contributed by atoms with Gasteiger partial charge in [-0.25, -0.2) is 16.8 Å². The molecule has 2 aromatic rings. The van der Waals surface area contributed by atoms with Gasteiger partial charge in [-0.2, -0.15) is 18.9 Å². The van der Waals surface area contributed by atoms with E-state index >= 15 is 0 Å². The summed E-state index contributed by atoms with van der Waals surface area (Å²) in [6, 6.07) is 15.8. The van der Waals surface area contributed by atoms with E-state index in [2.05, 4.69) is 73.9 Å². The maximum atomic E-state index is 14.3. The summed E-state index contributed by atoms with van der Waals surface area (Å²) in [4.78, 5) is 4.52. The van der Waals surface area contributed by atoms with Crippen molar-refractivity contribution in [3.63, 3.8) is 0 Å². The molecule has 2 aromatic carbocycles. The molecule has 0 saturated heterocycles. The fourth-order valence-corrected chi connectivity index (χ4v) is 12.2. The van der Waals surface area contributed by atoms with Gasteiger partial charge in [-0.15, -0.1) is 0 Å². The van der Waals surface area contributed by atoms with Gasteiger partial charge in [-0.05, 0) is 122 Å². The number of rotatable bonds is 18. The van der Waals surface area contributed by atoms with E-state index < -0.39 is 40.7 Å². The molecule has 18 heteroatoms. The highest BCUT2D eigenvalue weighted by molar-refractivity contribution is 7.94. The predicted molar refractivity (Wildman–Crippen MR) is 262 cm³/mol. The van der Waals surface area contributed by atoms with Crippen LogP contribution in [-0.4, -0.2) is 99.8 Å². The lowest BCUT2D eigenvalue weighted by molar-refractivity contribution is 0.460. The summed E-state index contributed by atoms with van der Waals surface area (Å²) in [6.07, 6.45) is 13.6. The molecule has 0 aromatic heterocycles. The number of anilines is 2. The van der Waals surface area contributed by atoms with Crippen molar-refractivity contribution in [1.29, 1.82) is 10.5 Å². The quantitative estimate of drug-likeness (QED) is 0.0714. The number of sulfonamides is 1. The first kappa shape index (κ1) is 49.8. The molecule has 2 aliphatic heterocycles. The molecule has 0 fully saturated rings. The van der Waals surface area contributed by atoms with Gasteiger partial charge in [-0.3, -0.25) is 8.86 Å². The molecular weight excluding hydrogens is 851 g/mol. The number of hydrogen-bond acceptors (Lipinski definition) is 10. The number of hydrogen-bond donors (Lipinski definition) is 2. The van der Waals surface area contributed by atoms with E-state index in [1.807, 2.05) is 30.3 Å². The lowest BCUT2D eigenvalue weighted by Gasteiger charge is -2.35. The summed E-state index contributed by atoms with van der Waals surface area (Å²) >= 11 is 0. The second kappa shape index (κ2) is 19.5. The smallest absolute Gasteiger partial charge is 0.265 e. The Bertz CT molecular complexity index is 2590. The summed E-state index contributed by atoms with van der Waals surface area (Å²) in [6.45, 7) is 11.6. The van der Waals surface area contributed by atoms with Gasteiger partial charge in [0.2, 0.25) is 10.0 Å². The van der Waals surface area contributed by atoms with E-state index in [9.17, 15) is 40.3 Å². The Labute approximate surface area is 380 Å². The average molecular weight is 914 g/mol. The lowest BCUT2D eigenvalue weighted by atomic mass is 9.56. The Morgan fingerprint density at radius 2 is 1.57 bits per heavy atom. The van der Waals surface area contributed by atoms with Gasteiger partial charge in [-0.1, -0.05) is 52.8 Å². The van der Waals surface area contributed by atoms with Crippen LogP contribution in [0.15, 0.2) is 83.2 Å². The van der Waals surface area contributed by atoms with E-state index in [0.717, 1.165) is 45.8 Å². The molecule has 1 aliphatic carbocycles. The monoisotopic (exact) mass is 913 g/mol. The largest absolute Gasteiger partial charge is 0.364 e. The van der Waals surface area contributed by atoms with Crippen molar-refractivity contribution in [1.82, 2.24) is 4.31 Å². The molecule has 2 atom stereocenters. The second-order valence-electron chi connectivity index (χ2n) is 19.4. The van der Waals surface area contributed by atoms with Crippen molar-refractivity contribution in [2.24, 2.45) is 5.92 Å². The first-order valence-corrected chi connectivity index (χ1v) is 26.3. The fraction of sp³-hybridized carbons (Fsp3) is 0.511. The summed E-state index contributed by atoms with van der Waals surface area (Å²) in [7, 11) is -3.62. The molecule has 0 spiro atoms. The Morgan fingerprint density at radius 3 is 2.17 bits per heavy atom. The first-order chi connectivity index (χ1) is 29.3. The molecule has 0 amide bonds. The normalized spacial score (nSPS) is 20.3. The molecular formula is C45H62B3N5O7S3. The van der Waals surface area contributed by atoms with Crippen molar-refractivity contribution in [3.05, 3.63) is 105 Å². The summed E-state index contributed by atoms with van der Waals surface area (Å²) in [5, 5.41) is 19.5. The van der Waals surface area contributed by atoms with E-state index in [0.29, 0.717) is 74.9 Å². The van der Waals surface area contributed by atoms with Crippen molar-refractivity contribution < 1.29 is 29.8 Å². The highest BCUT2D eigenvalue weighted by Gasteiger charge is 2.44. The van der Waals surface area contributed by atoms with Crippen LogP contribution in [0, 0.1) is 28.6 Å². The summed E-state index contributed by atoms with van der Waals surface area (Å²) in [5.74, 6) is -0.425. The second-order valence-corrected chi connectivity index (χ2v) is 24.7. The van der Waals surface area contributed by atoms with Crippen LogP contribution >= 0.6 is 0 Å². The third kappa shape index (κ3) is 11.0. The number of unbranched alkanes of at least 4 members (excludes halogenated alkanes) is 1. The van der Waals surface area contributed by atoms with E-state index in [-0.39, 0.29) is 28.9 Å². The minimum atomic E-state index is -4.10. The van der Waals surface area contributed by atoms with Crippen LogP contribution in [0.25, 0.3) is 0 Å². The van der Waals surface area contributed by atoms with Gasteiger partial charge in [0.05, 0.1) is 40.8 Å². The Morgan fingerprint density at radius 1 is 0.937 bits per heavy atom. The number of benzene rings is 2. The number of nitrogens with zero attached hydrogens (tertiary/aromatic N) is 5. The Hall–Kier alpha value is -4.22. The SMILES string of the molecule is BC(B)(B)S(=O)(=O)N(C)C1=C(C/C=C/C2N(CCCC[SH](=O)=O)c3ccc(C#N)cc3C2(C)C)CCC/C1=C\C=C1\N(CCCC(C)CS(=O)(=O)O)c2ccc(C#N)cc2C1(C)C. The molecule has 1 N–H and O–H groups in total. The van der Waals surface area contributed by atoms with E-state index in [1.54, 1.807) is 43.6 Å².